The van der Waals surface area contributed by atoms with Crippen molar-refractivity contribution in [2.24, 2.45) is 0 Å². The summed E-state index contributed by atoms with van der Waals surface area (Å²) in [5.41, 5.74) is -1.07. The van der Waals surface area contributed by atoms with Gasteiger partial charge in [0.25, 0.3) is 0 Å². The molecule has 1 saturated heterocycles. The first-order valence-electron chi connectivity index (χ1n) is 10.2. The zero-order valence-corrected chi connectivity index (χ0v) is 18.0. The van der Waals surface area contributed by atoms with Crippen LogP contribution in [0.5, 0.6) is 34.5 Å². The highest BCUT2D eigenvalue weighted by atomic mass is 16.7. The lowest BCUT2D eigenvalue weighted by Crippen LogP contribution is -2.60. The Kier molecular flexibility index (Phi) is 6.36. The van der Waals surface area contributed by atoms with Crippen LogP contribution in [0.4, 0.5) is 0 Å². The van der Waals surface area contributed by atoms with Crippen molar-refractivity contribution in [3.63, 3.8) is 0 Å². The minimum Gasteiger partial charge on any atom is -0.504 e. The zero-order chi connectivity index (χ0) is 25.6. The average molecular weight is 494 g/mol. The summed E-state index contributed by atoms with van der Waals surface area (Å²) in [5, 5.41) is 79.4. The van der Waals surface area contributed by atoms with Gasteiger partial charge in [0.05, 0.1) is 13.7 Å². The van der Waals surface area contributed by atoms with E-state index in [4.69, 9.17) is 18.6 Å². The number of hydrogen-bond donors (Lipinski definition) is 8. The van der Waals surface area contributed by atoms with E-state index in [0.29, 0.717) is 0 Å². The predicted octanol–water partition coefficient (Wildman–Crippen LogP) is -0.530. The molecule has 1 aromatic heterocycles. The lowest BCUT2D eigenvalue weighted by Gasteiger charge is -2.39. The fourth-order valence-electron chi connectivity index (χ4n) is 3.72. The van der Waals surface area contributed by atoms with Gasteiger partial charge < -0.3 is 59.5 Å². The minimum absolute atomic E-state index is 0.136. The Balaban J connectivity index is 1.83. The molecule has 2 aromatic carbocycles. The molecule has 3 aromatic rings. The molecule has 1 aliphatic rings. The normalized spacial score (nSPS) is 24.4. The van der Waals surface area contributed by atoms with E-state index in [1.165, 1.54) is 6.07 Å². The maximum atomic E-state index is 13.2. The summed E-state index contributed by atoms with van der Waals surface area (Å²) < 4.78 is 21.3. The number of phenols is 4. The second-order valence-corrected chi connectivity index (χ2v) is 7.76. The van der Waals surface area contributed by atoms with E-state index < -0.39 is 76.9 Å². The van der Waals surface area contributed by atoms with Gasteiger partial charge in [-0.3, -0.25) is 4.79 Å². The second-order valence-electron chi connectivity index (χ2n) is 7.76. The third-order valence-corrected chi connectivity index (χ3v) is 5.57. The minimum atomic E-state index is -1.85. The number of hydrogen-bond acceptors (Lipinski definition) is 13. The number of aliphatic hydroxyl groups excluding tert-OH is 4. The summed E-state index contributed by atoms with van der Waals surface area (Å²) in [4.78, 5) is 13.2. The molecule has 0 saturated carbocycles. The van der Waals surface area contributed by atoms with E-state index in [9.17, 15) is 45.6 Å². The van der Waals surface area contributed by atoms with Gasteiger partial charge in [-0.15, -0.1) is 0 Å². The molecule has 4 rings (SSSR count). The largest absolute Gasteiger partial charge is 0.504 e. The maximum Gasteiger partial charge on any atom is 0.239 e. The second kappa shape index (κ2) is 9.13. The first-order valence-corrected chi connectivity index (χ1v) is 10.2. The van der Waals surface area contributed by atoms with E-state index in [1.807, 2.05) is 0 Å². The van der Waals surface area contributed by atoms with Gasteiger partial charge in [-0.2, -0.15) is 0 Å². The molecule has 188 valence electrons. The van der Waals surface area contributed by atoms with Crippen LogP contribution < -0.4 is 14.9 Å². The zero-order valence-electron chi connectivity index (χ0n) is 18.0. The molecular formula is C22H22O13. The predicted molar refractivity (Wildman–Crippen MR) is 116 cm³/mol. The van der Waals surface area contributed by atoms with Gasteiger partial charge in [-0.1, -0.05) is 0 Å². The molecule has 0 radical (unpaired) electrons. The van der Waals surface area contributed by atoms with E-state index in [-0.39, 0.29) is 22.7 Å². The first kappa shape index (κ1) is 24.4. The van der Waals surface area contributed by atoms with Gasteiger partial charge in [0, 0.05) is 11.6 Å². The van der Waals surface area contributed by atoms with E-state index >= 15 is 0 Å². The topological polar surface area (TPSA) is 220 Å². The number of aromatic hydroxyl groups is 4. The van der Waals surface area contributed by atoms with Crippen molar-refractivity contribution in [1.82, 2.24) is 0 Å². The number of methoxy groups -OCH3 is 1. The van der Waals surface area contributed by atoms with E-state index in [2.05, 4.69) is 0 Å². The Bertz CT molecular complexity index is 1320. The molecule has 35 heavy (non-hydrogen) atoms. The molecule has 13 nitrogen and oxygen atoms in total. The van der Waals surface area contributed by atoms with Crippen molar-refractivity contribution in [1.29, 1.82) is 0 Å². The van der Waals surface area contributed by atoms with Crippen molar-refractivity contribution in [3.8, 4) is 45.8 Å². The maximum absolute atomic E-state index is 13.2. The Morgan fingerprint density at radius 2 is 1.63 bits per heavy atom. The average Bonchev–Trinajstić information content (AvgIpc) is 2.82. The van der Waals surface area contributed by atoms with Crippen LogP contribution in [0.3, 0.4) is 0 Å². The van der Waals surface area contributed by atoms with Crippen molar-refractivity contribution in [3.05, 3.63) is 34.5 Å². The number of phenolic OH excluding ortho intramolecular Hbond substituents is 4. The summed E-state index contributed by atoms with van der Waals surface area (Å²) in [7, 11) is 1.16. The summed E-state index contributed by atoms with van der Waals surface area (Å²) in [5.74, 6) is -3.86. The van der Waals surface area contributed by atoms with Crippen LogP contribution in [0.1, 0.15) is 0 Å². The Labute approximate surface area is 195 Å². The SMILES string of the molecule is COc1c(-c2ccc(O)c(O)c2)oc2cc(O)c(OC3OC(CO)C(O)C(O)C3O)c(O)c2c1=O. The number of fused-ring (bicyclic) bond motifs is 1. The van der Waals surface area contributed by atoms with Crippen molar-refractivity contribution < 1.29 is 59.5 Å². The fraction of sp³-hybridized carbons (Fsp3) is 0.318. The Hall–Kier alpha value is -3.75. The molecule has 1 aliphatic heterocycles. The Morgan fingerprint density at radius 3 is 2.26 bits per heavy atom. The lowest BCUT2D eigenvalue weighted by molar-refractivity contribution is -0.277. The van der Waals surface area contributed by atoms with Crippen molar-refractivity contribution in [2.45, 2.75) is 30.7 Å². The molecule has 13 heteroatoms. The molecule has 0 spiro atoms. The first-order chi connectivity index (χ1) is 16.6. The smallest absolute Gasteiger partial charge is 0.239 e. The van der Waals surface area contributed by atoms with Crippen LogP contribution >= 0.6 is 0 Å². The quantitative estimate of drug-likeness (QED) is 0.209. The monoisotopic (exact) mass is 494 g/mol. The fourth-order valence-corrected chi connectivity index (χ4v) is 3.72. The molecule has 5 unspecified atom stereocenters. The lowest BCUT2D eigenvalue weighted by atomic mass is 9.99. The van der Waals surface area contributed by atoms with Crippen LogP contribution in [0, 0.1) is 0 Å². The highest BCUT2D eigenvalue weighted by Gasteiger charge is 2.45. The van der Waals surface area contributed by atoms with Crippen LogP contribution in [0.2, 0.25) is 0 Å². The van der Waals surface area contributed by atoms with E-state index in [0.717, 1.165) is 25.3 Å². The summed E-state index contributed by atoms with van der Waals surface area (Å²) >= 11 is 0. The van der Waals surface area contributed by atoms with Crippen LogP contribution in [0.15, 0.2) is 33.5 Å². The summed E-state index contributed by atoms with van der Waals surface area (Å²) in [6, 6.07) is 4.52. The van der Waals surface area contributed by atoms with Crippen LogP contribution in [-0.4, -0.2) is 85.3 Å². The number of ether oxygens (including phenoxy) is 3. The molecular weight excluding hydrogens is 472 g/mol. The van der Waals surface area contributed by atoms with Gasteiger partial charge in [-0.25, -0.2) is 0 Å². The summed E-state index contributed by atoms with van der Waals surface area (Å²) in [6.07, 6.45) is -8.38. The van der Waals surface area contributed by atoms with Gasteiger partial charge in [0.15, 0.2) is 28.8 Å². The van der Waals surface area contributed by atoms with Gasteiger partial charge >= 0.3 is 0 Å². The highest BCUT2D eigenvalue weighted by molar-refractivity contribution is 5.91. The number of rotatable bonds is 5. The third-order valence-electron chi connectivity index (χ3n) is 5.57. The molecule has 0 aliphatic carbocycles. The van der Waals surface area contributed by atoms with Crippen LogP contribution in [-0.2, 0) is 4.74 Å². The molecule has 1 fully saturated rings. The van der Waals surface area contributed by atoms with Gasteiger partial charge in [0.1, 0.15) is 35.4 Å². The molecule has 0 amide bonds. The van der Waals surface area contributed by atoms with Gasteiger partial charge in [-0.05, 0) is 18.2 Å². The molecule has 5 atom stereocenters. The highest BCUT2D eigenvalue weighted by Crippen LogP contribution is 2.45. The van der Waals surface area contributed by atoms with Crippen molar-refractivity contribution in [2.75, 3.05) is 13.7 Å². The Morgan fingerprint density at radius 1 is 0.914 bits per heavy atom. The standard InChI is InChI=1S/C22H22O13/c1-32-21-16(29)13-11(33-19(21)7-2-3-8(24)9(25)4-7)5-10(26)20(15(13)28)35-22-18(31)17(30)14(27)12(6-23)34-22/h2-5,12,14,17-18,22-28,30-31H,6H2,1H3. The van der Waals surface area contributed by atoms with E-state index in [1.54, 1.807) is 0 Å². The third kappa shape index (κ3) is 4.05. The van der Waals surface area contributed by atoms with Gasteiger partial charge in [0.2, 0.25) is 23.2 Å². The van der Waals surface area contributed by atoms with Crippen LogP contribution in [0.25, 0.3) is 22.3 Å². The van der Waals surface area contributed by atoms with Crippen molar-refractivity contribution >= 4 is 11.0 Å². The number of aliphatic hydroxyl groups is 4. The number of benzene rings is 2. The summed E-state index contributed by atoms with van der Waals surface area (Å²) in [6.45, 7) is -0.739. The molecule has 8 N–H and O–H groups in total. The molecule has 2 heterocycles. The molecule has 0 bridgehead atoms.